The maximum absolute atomic E-state index is 5.46. The summed E-state index contributed by atoms with van der Waals surface area (Å²) in [4.78, 5) is 4.12. The Labute approximate surface area is 84.9 Å². The summed E-state index contributed by atoms with van der Waals surface area (Å²) < 4.78 is 5.46. The Hall–Kier alpha value is -1.57. The monoisotopic (exact) mass is 189 g/mol. The van der Waals surface area contributed by atoms with E-state index in [1.165, 1.54) is 0 Å². The number of benzene rings is 1. The zero-order chi connectivity index (χ0) is 10.2. The number of hydrogen-bond acceptors (Lipinski definition) is 2. The molecule has 0 heterocycles. The van der Waals surface area contributed by atoms with Crippen molar-refractivity contribution in [3.05, 3.63) is 42.6 Å². The highest BCUT2D eigenvalue weighted by Crippen LogP contribution is 2.08. The van der Waals surface area contributed by atoms with Crippen LogP contribution in [0.1, 0.15) is 20.3 Å². The van der Waals surface area contributed by atoms with Crippen LogP contribution in [0, 0.1) is 0 Å². The summed E-state index contributed by atoms with van der Waals surface area (Å²) in [5.41, 5.74) is 0. The molecule has 0 amide bonds. The van der Waals surface area contributed by atoms with Gasteiger partial charge in [0.05, 0.1) is 0 Å². The lowest BCUT2D eigenvalue weighted by Gasteiger charge is -2.02. The van der Waals surface area contributed by atoms with Gasteiger partial charge in [-0.15, -0.1) is 0 Å². The van der Waals surface area contributed by atoms with Gasteiger partial charge in [-0.3, -0.25) is 0 Å². The molecule has 1 aromatic carbocycles. The van der Waals surface area contributed by atoms with Gasteiger partial charge >= 0.3 is 0 Å². The number of ether oxygens (including phenoxy) is 1. The first-order valence-electron chi connectivity index (χ1n) is 4.75. The van der Waals surface area contributed by atoms with Crippen molar-refractivity contribution >= 4 is 5.90 Å². The molecule has 2 heteroatoms. The fraction of sp³-hybridized carbons (Fsp3) is 0.250. The largest absolute Gasteiger partial charge is 0.443 e. The number of hydrogen-bond donors (Lipinski definition) is 0. The standard InChI is InChI=1S/C12H15NO/c1-3-4-10-13-11(2)14-12-8-6-5-7-9-12/h4-10H,3H2,1-2H3/b10-4-,13-11?. The summed E-state index contributed by atoms with van der Waals surface area (Å²) >= 11 is 0. The van der Waals surface area contributed by atoms with Gasteiger partial charge in [-0.2, -0.15) is 0 Å². The Morgan fingerprint density at radius 2 is 2.07 bits per heavy atom. The molecule has 0 aromatic heterocycles. The van der Waals surface area contributed by atoms with Gasteiger partial charge in [-0.25, -0.2) is 4.99 Å². The molecular formula is C12H15NO. The topological polar surface area (TPSA) is 21.6 Å². The van der Waals surface area contributed by atoms with Gasteiger partial charge < -0.3 is 4.74 Å². The highest BCUT2D eigenvalue weighted by Gasteiger charge is 1.92. The van der Waals surface area contributed by atoms with Crippen LogP contribution in [0.4, 0.5) is 0 Å². The molecule has 14 heavy (non-hydrogen) atoms. The summed E-state index contributed by atoms with van der Waals surface area (Å²) in [5.74, 6) is 1.47. The van der Waals surface area contributed by atoms with Crippen LogP contribution in [0.2, 0.25) is 0 Å². The van der Waals surface area contributed by atoms with E-state index in [0.717, 1.165) is 12.2 Å². The fourth-order valence-corrected chi connectivity index (χ4v) is 0.949. The third kappa shape index (κ3) is 3.90. The van der Waals surface area contributed by atoms with Crippen LogP contribution in [0.3, 0.4) is 0 Å². The Morgan fingerprint density at radius 3 is 2.71 bits per heavy atom. The second kappa shape index (κ2) is 5.97. The third-order valence-corrected chi connectivity index (χ3v) is 1.61. The van der Waals surface area contributed by atoms with Gasteiger partial charge in [0, 0.05) is 13.1 Å². The van der Waals surface area contributed by atoms with E-state index in [-0.39, 0.29) is 0 Å². The predicted octanol–water partition coefficient (Wildman–Crippen LogP) is 3.41. The molecule has 1 rings (SSSR count). The van der Waals surface area contributed by atoms with Crippen LogP contribution in [0.15, 0.2) is 47.6 Å². The Bertz CT molecular complexity index is 314. The zero-order valence-corrected chi connectivity index (χ0v) is 8.60. The Kier molecular flexibility index (Phi) is 4.48. The van der Waals surface area contributed by atoms with Crippen LogP contribution in [0.5, 0.6) is 5.75 Å². The average Bonchev–Trinajstić information content (AvgIpc) is 2.20. The van der Waals surface area contributed by atoms with Crippen molar-refractivity contribution in [2.24, 2.45) is 4.99 Å². The molecule has 0 aliphatic rings. The van der Waals surface area contributed by atoms with Crippen molar-refractivity contribution in [2.45, 2.75) is 20.3 Å². The summed E-state index contributed by atoms with van der Waals surface area (Å²) in [6, 6.07) is 9.64. The maximum Gasteiger partial charge on any atom is 0.191 e. The molecule has 0 saturated carbocycles. The normalized spacial score (nSPS) is 12.0. The van der Waals surface area contributed by atoms with Crippen molar-refractivity contribution in [1.29, 1.82) is 0 Å². The van der Waals surface area contributed by atoms with Crippen molar-refractivity contribution in [3.63, 3.8) is 0 Å². The number of para-hydroxylation sites is 1. The number of allylic oxidation sites excluding steroid dienone is 1. The second-order valence-electron chi connectivity index (χ2n) is 2.86. The number of aliphatic imine (C=N–C) groups is 1. The summed E-state index contributed by atoms with van der Waals surface area (Å²) in [6.45, 7) is 3.91. The maximum atomic E-state index is 5.46. The zero-order valence-electron chi connectivity index (χ0n) is 8.60. The van der Waals surface area contributed by atoms with Gasteiger partial charge in [0.1, 0.15) is 5.75 Å². The molecule has 0 aliphatic carbocycles. The van der Waals surface area contributed by atoms with Crippen molar-refractivity contribution in [2.75, 3.05) is 0 Å². The lowest BCUT2D eigenvalue weighted by molar-refractivity contribution is 0.547. The van der Waals surface area contributed by atoms with E-state index < -0.39 is 0 Å². The first kappa shape index (κ1) is 10.5. The quantitative estimate of drug-likeness (QED) is 0.527. The molecule has 0 unspecified atom stereocenters. The van der Waals surface area contributed by atoms with E-state index in [0.29, 0.717) is 5.90 Å². The molecule has 0 radical (unpaired) electrons. The Morgan fingerprint density at radius 1 is 1.36 bits per heavy atom. The lowest BCUT2D eigenvalue weighted by atomic mass is 10.3. The third-order valence-electron chi connectivity index (χ3n) is 1.61. The molecule has 0 N–H and O–H groups in total. The van der Waals surface area contributed by atoms with Gasteiger partial charge in [0.15, 0.2) is 5.90 Å². The van der Waals surface area contributed by atoms with Crippen LogP contribution in [0.25, 0.3) is 0 Å². The highest BCUT2D eigenvalue weighted by molar-refractivity contribution is 5.76. The SMILES string of the molecule is CC/C=C\N=C(C)Oc1ccccc1. The average molecular weight is 189 g/mol. The lowest BCUT2D eigenvalue weighted by Crippen LogP contribution is -2.01. The van der Waals surface area contributed by atoms with E-state index in [9.17, 15) is 0 Å². The van der Waals surface area contributed by atoms with Gasteiger partial charge in [-0.05, 0) is 18.6 Å². The van der Waals surface area contributed by atoms with Gasteiger partial charge in [0.2, 0.25) is 0 Å². The van der Waals surface area contributed by atoms with Gasteiger partial charge in [-0.1, -0.05) is 31.2 Å². The molecular weight excluding hydrogens is 174 g/mol. The van der Waals surface area contributed by atoms with Crippen molar-refractivity contribution < 1.29 is 4.74 Å². The molecule has 0 bridgehead atoms. The predicted molar refractivity (Wildman–Crippen MR) is 59.6 cm³/mol. The van der Waals surface area contributed by atoms with E-state index in [1.807, 2.05) is 43.3 Å². The smallest absolute Gasteiger partial charge is 0.191 e. The second-order valence-corrected chi connectivity index (χ2v) is 2.86. The number of rotatable bonds is 3. The molecule has 0 saturated heterocycles. The van der Waals surface area contributed by atoms with Crippen LogP contribution >= 0.6 is 0 Å². The molecule has 0 atom stereocenters. The van der Waals surface area contributed by atoms with E-state index in [1.54, 1.807) is 6.20 Å². The molecule has 0 aliphatic heterocycles. The summed E-state index contributed by atoms with van der Waals surface area (Å²) in [6.07, 6.45) is 4.73. The molecule has 2 nitrogen and oxygen atoms in total. The van der Waals surface area contributed by atoms with Crippen molar-refractivity contribution in [3.8, 4) is 5.75 Å². The molecule has 74 valence electrons. The minimum Gasteiger partial charge on any atom is -0.443 e. The molecule has 1 aromatic rings. The van der Waals surface area contributed by atoms with Crippen LogP contribution in [-0.2, 0) is 0 Å². The van der Waals surface area contributed by atoms with E-state index in [2.05, 4.69) is 11.9 Å². The first-order chi connectivity index (χ1) is 6.83. The van der Waals surface area contributed by atoms with Gasteiger partial charge in [0.25, 0.3) is 0 Å². The van der Waals surface area contributed by atoms with Crippen LogP contribution < -0.4 is 4.74 Å². The summed E-state index contributed by atoms with van der Waals surface area (Å²) in [7, 11) is 0. The first-order valence-corrected chi connectivity index (χ1v) is 4.75. The highest BCUT2D eigenvalue weighted by atomic mass is 16.5. The fourth-order valence-electron chi connectivity index (χ4n) is 0.949. The number of nitrogens with zero attached hydrogens (tertiary/aromatic N) is 1. The van der Waals surface area contributed by atoms with Crippen molar-refractivity contribution in [1.82, 2.24) is 0 Å². The minimum atomic E-state index is 0.654. The molecule has 0 fully saturated rings. The molecule has 0 spiro atoms. The van der Waals surface area contributed by atoms with Crippen LogP contribution in [-0.4, -0.2) is 5.90 Å². The minimum absolute atomic E-state index is 0.654. The Balaban J connectivity index is 2.53. The van der Waals surface area contributed by atoms with E-state index >= 15 is 0 Å². The van der Waals surface area contributed by atoms with E-state index in [4.69, 9.17) is 4.74 Å². The summed E-state index contributed by atoms with van der Waals surface area (Å²) in [5, 5.41) is 0.